The van der Waals surface area contributed by atoms with Crippen molar-refractivity contribution in [3.8, 4) is 0 Å². The monoisotopic (exact) mass is 285 g/mol. The molecule has 5 nitrogen and oxygen atoms in total. The van der Waals surface area contributed by atoms with Crippen molar-refractivity contribution in [2.45, 2.75) is 18.6 Å². The Morgan fingerprint density at radius 3 is 2.62 bits per heavy atom. The fraction of sp³-hybridized carbons (Fsp3) is 0.375. The molecule has 2 bridgehead atoms. The molecule has 4 atom stereocenters. The molecule has 4 rings (SSSR count). The van der Waals surface area contributed by atoms with Crippen LogP contribution >= 0.6 is 0 Å². The van der Waals surface area contributed by atoms with Gasteiger partial charge in [0.25, 0.3) is 0 Å². The Morgan fingerprint density at radius 1 is 1.24 bits per heavy atom. The maximum Gasteiger partial charge on any atom is 0.241 e. The van der Waals surface area contributed by atoms with E-state index in [4.69, 9.17) is 4.74 Å². The molecule has 3 aliphatic heterocycles. The molecule has 0 saturated carbocycles. The summed E-state index contributed by atoms with van der Waals surface area (Å²) in [4.78, 5) is 26.6. The molecule has 1 N–H and O–H groups in total. The molecule has 0 aliphatic carbocycles. The lowest BCUT2D eigenvalue weighted by Gasteiger charge is -2.26. The highest BCUT2D eigenvalue weighted by atomic mass is 16.5. The highest BCUT2D eigenvalue weighted by Crippen LogP contribution is 2.52. The molecule has 3 aliphatic rings. The predicted octanol–water partition coefficient (Wildman–Crippen LogP) is 0.800. The van der Waals surface area contributed by atoms with E-state index in [2.05, 4.69) is 0 Å². The van der Waals surface area contributed by atoms with Crippen LogP contribution in [0.5, 0.6) is 0 Å². The molecule has 3 heterocycles. The molecule has 0 spiro atoms. The van der Waals surface area contributed by atoms with E-state index in [9.17, 15) is 14.7 Å². The molecule has 0 aromatic heterocycles. The Kier molecular flexibility index (Phi) is 2.44. The second-order valence-electron chi connectivity index (χ2n) is 5.91. The van der Waals surface area contributed by atoms with Crippen LogP contribution < -0.4 is 4.90 Å². The minimum Gasteiger partial charge on any atom is -0.393 e. The van der Waals surface area contributed by atoms with E-state index in [1.807, 2.05) is 19.1 Å². The highest BCUT2D eigenvalue weighted by Gasteiger charge is 2.67. The van der Waals surface area contributed by atoms with Crippen LogP contribution in [0.1, 0.15) is 5.56 Å². The average Bonchev–Trinajstić information content (AvgIpc) is 3.12. The number of nitrogens with zero attached hydrogens (tertiary/aromatic N) is 1. The van der Waals surface area contributed by atoms with Crippen LogP contribution in [0.3, 0.4) is 0 Å². The number of hydrogen-bond acceptors (Lipinski definition) is 4. The van der Waals surface area contributed by atoms with Crippen molar-refractivity contribution in [3.05, 3.63) is 42.0 Å². The smallest absolute Gasteiger partial charge is 0.241 e. The number of anilines is 1. The van der Waals surface area contributed by atoms with Crippen molar-refractivity contribution in [2.24, 2.45) is 11.8 Å². The summed E-state index contributed by atoms with van der Waals surface area (Å²) in [6.45, 7) is 1.66. The van der Waals surface area contributed by atoms with Gasteiger partial charge in [0.2, 0.25) is 11.8 Å². The van der Waals surface area contributed by atoms with Gasteiger partial charge in [0, 0.05) is 0 Å². The number of aryl methyl sites for hydroxylation is 1. The van der Waals surface area contributed by atoms with Gasteiger partial charge in [-0.1, -0.05) is 29.8 Å². The van der Waals surface area contributed by atoms with Gasteiger partial charge < -0.3 is 9.84 Å². The quantitative estimate of drug-likeness (QED) is 0.645. The molecule has 0 radical (unpaired) electrons. The van der Waals surface area contributed by atoms with Gasteiger partial charge in [0.15, 0.2) is 0 Å². The zero-order valence-electron chi connectivity index (χ0n) is 11.5. The minimum absolute atomic E-state index is 0.237. The van der Waals surface area contributed by atoms with Crippen LogP contribution in [0, 0.1) is 18.8 Å². The summed E-state index contributed by atoms with van der Waals surface area (Å²) >= 11 is 0. The van der Waals surface area contributed by atoms with E-state index in [1.165, 1.54) is 4.90 Å². The molecule has 21 heavy (non-hydrogen) atoms. The summed E-state index contributed by atoms with van der Waals surface area (Å²) in [5.74, 6) is -1.66. The number of carbonyl (C=O) groups is 2. The number of hydrogen-bond donors (Lipinski definition) is 1. The number of carbonyl (C=O) groups excluding carboxylic acids is 2. The number of imide groups is 1. The third kappa shape index (κ3) is 1.47. The summed E-state index contributed by atoms with van der Waals surface area (Å²) in [5.41, 5.74) is 0.619. The van der Waals surface area contributed by atoms with E-state index in [0.717, 1.165) is 5.56 Å². The van der Waals surface area contributed by atoms with E-state index in [-0.39, 0.29) is 18.4 Å². The van der Waals surface area contributed by atoms with Crippen molar-refractivity contribution in [1.29, 1.82) is 0 Å². The molecule has 2 unspecified atom stereocenters. The fourth-order valence-electron chi connectivity index (χ4n) is 3.63. The van der Waals surface area contributed by atoms with Gasteiger partial charge in [-0.15, -0.1) is 0 Å². The lowest BCUT2D eigenvalue weighted by molar-refractivity contribution is -0.128. The van der Waals surface area contributed by atoms with Gasteiger partial charge in [-0.2, -0.15) is 0 Å². The summed E-state index contributed by atoms with van der Waals surface area (Å²) in [7, 11) is 0. The van der Waals surface area contributed by atoms with Crippen LogP contribution in [0.25, 0.3) is 0 Å². The van der Waals surface area contributed by atoms with Crippen LogP contribution in [0.15, 0.2) is 36.4 Å². The Bertz CT molecular complexity index is 665. The molecule has 5 heteroatoms. The van der Waals surface area contributed by atoms with Gasteiger partial charge in [0.1, 0.15) is 5.60 Å². The summed E-state index contributed by atoms with van der Waals surface area (Å²) in [5, 5.41) is 9.63. The third-order valence-corrected chi connectivity index (χ3v) is 4.69. The van der Waals surface area contributed by atoms with E-state index in [0.29, 0.717) is 5.69 Å². The number of fused-ring (bicyclic) bond motifs is 5. The van der Waals surface area contributed by atoms with Gasteiger partial charge in [0.05, 0.1) is 30.2 Å². The topological polar surface area (TPSA) is 66.8 Å². The van der Waals surface area contributed by atoms with Crippen LogP contribution in [0.4, 0.5) is 5.69 Å². The SMILES string of the molecule is Cc1ccc(N2C(=O)C3C(C2=O)[C@]2(CO)C=C[C@H]3O2)cc1. The summed E-state index contributed by atoms with van der Waals surface area (Å²) in [6, 6.07) is 7.28. The van der Waals surface area contributed by atoms with Gasteiger partial charge in [-0.25, -0.2) is 4.90 Å². The molecular weight excluding hydrogens is 270 g/mol. The lowest BCUT2D eigenvalue weighted by Crippen LogP contribution is -2.43. The number of ether oxygens (including phenoxy) is 1. The first-order chi connectivity index (χ1) is 10.1. The molecule has 1 aromatic rings. The van der Waals surface area contributed by atoms with Crippen LogP contribution in [-0.2, 0) is 14.3 Å². The van der Waals surface area contributed by atoms with Crippen molar-refractivity contribution in [1.82, 2.24) is 0 Å². The van der Waals surface area contributed by atoms with Crippen molar-refractivity contribution in [3.63, 3.8) is 0 Å². The van der Waals surface area contributed by atoms with Gasteiger partial charge >= 0.3 is 0 Å². The molecule has 108 valence electrons. The first-order valence-corrected chi connectivity index (χ1v) is 7.00. The van der Waals surface area contributed by atoms with Gasteiger partial charge in [-0.05, 0) is 19.1 Å². The molecule has 1 aromatic carbocycles. The number of benzene rings is 1. The summed E-state index contributed by atoms with van der Waals surface area (Å²) in [6.07, 6.45) is 3.10. The van der Waals surface area contributed by atoms with Gasteiger partial charge in [-0.3, -0.25) is 9.59 Å². The number of amides is 2. The third-order valence-electron chi connectivity index (χ3n) is 4.69. The van der Waals surface area contributed by atoms with Crippen LogP contribution in [0.2, 0.25) is 0 Å². The number of aliphatic hydroxyl groups excluding tert-OH is 1. The maximum atomic E-state index is 12.7. The molecular formula is C16H15NO4. The fourth-order valence-corrected chi connectivity index (χ4v) is 3.63. The van der Waals surface area contributed by atoms with E-state index >= 15 is 0 Å². The highest BCUT2D eigenvalue weighted by molar-refractivity contribution is 6.23. The lowest BCUT2D eigenvalue weighted by atomic mass is 9.77. The molecule has 2 amide bonds. The van der Waals surface area contributed by atoms with E-state index in [1.54, 1.807) is 24.3 Å². The molecule has 2 fully saturated rings. The zero-order chi connectivity index (χ0) is 14.8. The number of rotatable bonds is 2. The normalized spacial score (nSPS) is 36.7. The average molecular weight is 285 g/mol. The van der Waals surface area contributed by atoms with Crippen molar-refractivity contribution in [2.75, 3.05) is 11.5 Å². The Labute approximate surface area is 121 Å². The second-order valence-corrected chi connectivity index (χ2v) is 5.91. The first kappa shape index (κ1) is 12.7. The summed E-state index contributed by atoms with van der Waals surface area (Å²) < 4.78 is 5.69. The largest absolute Gasteiger partial charge is 0.393 e. The maximum absolute atomic E-state index is 12.7. The standard InChI is InChI=1S/C16H15NO4/c1-9-2-4-10(5-3-9)17-14(19)12-11-6-7-16(8-18,21-11)13(12)15(17)20/h2-7,11-13,18H,8H2,1H3/t11-,12?,13?,16-/m1/s1. The van der Waals surface area contributed by atoms with Crippen LogP contribution in [-0.4, -0.2) is 35.2 Å². The Balaban J connectivity index is 1.77. The number of aliphatic hydroxyl groups is 1. The zero-order valence-corrected chi connectivity index (χ0v) is 11.5. The Hall–Kier alpha value is -1.98. The first-order valence-electron chi connectivity index (χ1n) is 7.00. The minimum atomic E-state index is -1.03. The molecule has 2 saturated heterocycles. The second kappa shape index (κ2) is 4.02. The predicted molar refractivity (Wildman–Crippen MR) is 74.5 cm³/mol. The van der Waals surface area contributed by atoms with E-state index < -0.39 is 23.5 Å². The van der Waals surface area contributed by atoms with Crippen molar-refractivity contribution < 1.29 is 19.4 Å². The van der Waals surface area contributed by atoms with Crippen molar-refractivity contribution >= 4 is 17.5 Å². The Morgan fingerprint density at radius 2 is 1.95 bits per heavy atom.